The second-order valence-electron chi connectivity index (χ2n) is 6.22. The molecule has 0 radical (unpaired) electrons. The van der Waals surface area contributed by atoms with E-state index in [-0.39, 0.29) is 0 Å². The zero-order valence-electron chi connectivity index (χ0n) is 16.1. The van der Waals surface area contributed by atoms with Crippen LogP contribution in [0.2, 0.25) is 5.02 Å². The number of hydrogen-bond acceptors (Lipinski definition) is 2. The SMILES string of the molecule is CCc1nn(C)c(CC)c1CNC(=NC)N(C)Cc1cc(Cl)cn1C. The fourth-order valence-corrected chi connectivity index (χ4v) is 3.46. The molecule has 0 aliphatic heterocycles. The quantitative estimate of drug-likeness (QED) is 0.633. The molecule has 0 amide bonds. The number of rotatable bonds is 6. The number of nitrogens with one attached hydrogen (secondary N) is 1. The van der Waals surface area contributed by atoms with E-state index >= 15 is 0 Å². The van der Waals surface area contributed by atoms with Crippen LogP contribution in [0, 0.1) is 0 Å². The third-order valence-electron chi connectivity index (χ3n) is 4.50. The third kappa shape index (κ3) is 4.37. The Balaban J connectivity index is 2.09. The van der Waals surface area contributed by atoms with Crippen LogP contribution in [0.5, 0.6) is 0 Å². The highest BCUT2D eigenvalue weighted by Crippen LogP contribution is 2.16. The van der Waals surface area contributed by atoms with Gasteiger partial charge in [-0.15, -0.1) is 0 Å². The summed E-state index contributed by atoms with van der Waals surface area (Å²) in [6.07, 6.45) is 3.82. The molecule has 0 atom stereocenters. The van der Waals surface area contributed by atoms with Gasteiger partial charge in [0.15, 0.2) is 5.96 Å². The molecule has 0 aliphatic carbocycles. The van der Waals surface area contributed by atoms with E-state index in [9.17, 15) is 0 Å². The minimum absolute atomic E-state index is 0.727. The zero-order chi connectivity index (χ0) is 18.6. The average molecular weight is 365 g/mol. The molecular weight excluding hydrogens is 336 g/mol. The predicted molar refractivity (Wildman–Crippen MR) is 104 cm³/mol. The molecule has 2 heterocycles. The van der Waals surface area contributed by atoms with Gasteiger partial charge in [0.05, 0.1) is 17.3 Å². The molecule has 0 saturated heterocycles. The summed E-state index contributed by atoms with van der Waals surface area (Å²) in [7, 11) is 7.85. The van der Waals surface area contributed by atoms with Crippen molar-refractivity contribution in [3.05, 3.63) is 39.9 Å². The Kier molecular flexibility index (Phi) is 6.53. The summed E-state index contributed by atoms with van der Waals surface area (Å²) in [6, 6.07) is 1.98. The van der Waals surface area contributed by atoms with Gasteiger partial charge >= 0.3 is 0 Å². The van der Waals surface area contributed by atoms with Gasteiger partial charge in [-0.3, -0.25) is 9.67 Å². The highest BCUT2D eigenvalue weighted by Gasteiger charge is 2.15. The van der Waals surface area contributed by atoms with Crippen molar-refractivity contribution in [2.24, 2.45) is 19.1 Å². The van der Waals surface area contributed by atoms with Crippen LogP contribution >= 0.6 is 11.6 Å². The fraction of sp³-hybridized carbons (Fsp3) is 0.556. The lowest BCUT2D eigenvalue weighted by Crippen LogP contribution is -2.38. The number of nitrogens with zero attached hydrogens (tertiary/aromatic N) is 5. The first-order chi connectivity index (χ1) is 11.9. The van der Waals surface area contributed by atoms with Gasteiger partial charge in [-0.1, -0.05) is 25.4 Å². The number of guanidine groups is 1. The van der Waals surface area contributed by atoms with Crippen molar-refractivity contribution in [2.75, 3.05) is 14.1 Å². The van der Waals surface area contributed by atoms with Gasteiger partial charge in [-0.05, 0) is 18.9 Å². The topological polar surface area (TPSA) is 50.4 Å². The van der Waals surface area contributed by atoms with E-state index in [0.717, 1.165) is 48.3 Å². The normalized spacial score (nSPS) is 11.9. The maximum atomic E-state index is 6.08. The van der Waals surface area contributed by atoms with E-state index in [2.05, 4.69) is 34.2 Å². The fourth-order valence-electron chi connectivity index (χ4n) is 3.19. The molecule has 0 unspecified atom stereocenters. The van der Waals surface area contributed by atoms with Gasteiger partial charge in [0.25, 0.3) is 0 Å². The molecule has 2 aromatic heterocycles. The molecule has 6 nitrogen and oxygen atoms in total. The number of aryl methyl sites for hydroxylation is 3. The number of aliphatic imine (C=N–C) groups is 1. The minimum atomic E-state index is 0.727. The summed E-state index contributed by atoms with van der Waals surface area (Å²) in [6.45, 7) is 5.77. The molecule has 0 spiro atoms. The lowest BCUT2D eigenvalue weighted by atomic mass is 10.1. The lowest BCUT2D eigenvalue weighted by molar-refractivity contribution is 0.461. The van der Waals surface area contributed by atoms with E-state index in [0.29, 0.717) is 0 Å². The average Bonchev–Trinajstić information content (AvgIpc) is 3.06. The Morgan fingerprint density at radius 1 is 1.32 bits per heavy atom. The van der Waals surface area contributed by atoms with Crippen molar-refractivity contribution >= 4 is 17.6 Å². The van der Waals surface area contributed by atoms with Gasteiger partial charge in [0, 0.05) is 57.9 Å². The van der Waals surface area contributed by atoms with E-state index < -0.39 is 0 Å². The van der Waals surface area contributed by atoms with Gasteiger partial charge in [-0.25, -0.2) is 0 Å². The second-order valence-corrected chi connectivity index (χ2v) is 6.66. The van der Waals surface area contributed by atoms with Crippen molar-refractivity contribution in [1.29, 1.82) is 0 Å². The van der Waals surface area contributed by atoms with E-state index in [1.54, 1.807) is 0 Å². The maximum absolute atomic E-state index is 6.08. The van der Waals surface area contributed by atoms with Crippen molar-refractivity contribution in [2.45, 2.75) is 39.8 Å². The summed E-state index contributed by atoms with van der Waals surface area (Å²) >= 11 is 6.08. The van der Waals surface area contributed by atoms with Crippen LogP contribution in [0.15, 0.2) is 17.3 Å². The molecular formula is C18H29ClN6. The number of halogens is 1. The van der Waals surface area contributed by atoms with Gasteiger partial charge in [-0.2, -0.15) is 5.10 Å². The summed E-state index contributed by atoms with van der Waals surface area (Å²) in [5.41, 5.74) is 4.85. The third-order valence-corrected chi connectivity index (χ3v) is 4.70. The molecule has 25 heavy (non-hydrogen) atoms. The monoisotopic (exact) mass is 364 g/mol. The van der Waals surface area contributed by atoms with Crippen molar-refractivity contribution in [3.8, 4) is 0 Å². The van der Waals surface area contributed by atoms with Crippen molar-refractivity contribution in [1.82, 2.24) is 24.6 Å². The molecule has 0 aromatic carbocycles. The Hall–Kier alpha value is -1.95. The van der Waals surface area contributed by atoms with E-state index in [1.165, 1.54) is 11.3 Å². The van der Waals surface area contributed by atoms with Crippen molar-refractivity contribution in [3.63, 3.8) is 0 Å². The molecule has 138 valence electrons. The first-order valence-corrected chi connectivity index (χ1v) is 9.05. The predicted octanol–water partition coefficient (Wildman–Crippen LogP) is 2.74. The first-order valence-electron chi connectivity index (χ1n) is 8.67. The molecule has 0 fully saturated rings. The van der Waals surface area contributed by atoms with Gasteiger partial charge in [0.2, 0.25) is 0 Å². The molecule has 1 N–H and O–H groups in total. The highest BCUT2D eigenvalue weighted by atomic mass is 35.5. The van der Waals surface area contributed by atoms with Crippen LogP contribution < -0.4 is 5.32 Å². The summed E-state index contributed by atoms with van der Waals surface area (Å²) in [4.78, 5) is 6.51. The highest BCUT2D eigenvalue weighted by molar-refractivity contribution is 6.30. The molecule has 0 bridgehead atoms. The standard InChI is InChI=1S/C18H29ClN6/c1-7-16-15(17(8-2)25(6)22-16)10-21-18(20-3)24(5)12-14-9-13(19)11-23(14)4/h9,11H,7-8,10,12H2,1-6H3,(H,20,21). The van der Waals surface area contributed by atoms with E-state index in [4.69, 9.17) is 11.6 Å². The van der Waals surface area contributed by atoms with Crippen LogP contribution in [0.25, 0.3) is 0 Å². The van der Waals surface area contributed by atoms with Crippen molar-refractivity contribution < 1.29 is 0 Å². The van der Waals surface area contributed by atoms with Gasteiger partial charge in [0.1, 0.15) is 0 Å². The smallest absolute Gasteiger partial charge is 0.194 e. The second kappa shape index (κ2) is 8.43. The largest absolute Gasteiger partial charge is 0.352 e. The summed E-state index contributed by atoms with van der Waals surface area (Å²) < 4.78 is 4.03. The molecule has 7 heteroatoms. The Bertz CT molecular complexity index is 743. The Morgan fingerprint density at radius 2 is 2.04 bits per heavy atom. The van der Waals surface area contributed by atoms with Crippen LogP contribution in [0.3, 0.4) is 0 Å². The molecule has 2 aromatic rings. The first kappa shape index (κ1) is 19.4. The molecule has 2 rings (SSSR count). The summed E-state index contributed by atoms with van der Waals surface area (Å²) in [5, 5.41) is 8.87. The molecule has 0 aliphatic rings. The lowest BCUT2D eigenvalue weighted by Gasteiger charge is -2.22. The van der Waals surface area contributed by atoms with Gasteiger partial charge < -0.3 is 14.8 Å². The maximum Gasteiger partial charge on any atom is 0.194 e. The van der Waals surface area contributed by atoms with Crippen LogP contribution in [0.4, 0.5) is 0 Å². The van der Waals surface area contributed by atoms with Crippen LogP contribution in [-0.2, 0) is 40.0 Å². The summed E-state index contributed by atoms with van der Waals surface area (Å²) in [5.74, 6) is 0.852. The minimum Gasteiger partial charge on any atom is -0.352 e. The number of hydrogen-bond donors (Lipinski definition) is 1. The van der Waals surface area contributed by atoms with E-state index in [1.807, 2.05) is 49.7 Å². The Morgan fingerprint density at radius 3 is 2.56 bits per heavy atom. The Labute approximate surface area is 155 Å². The number of aromatic nitrogens is 3. The molecule has 0 saturated carbocycles. The van der Waals surface area contributed by atoms with Crippen LogP contribution in [0.1, 0.15) is 36.5 Å². The van der Waals surface area contributed by atoms with Crippen LogP contribution in [-0.4, -0.2) is 39.3 Å². The zero-order valence-corrected chi connectivity index (χ0v) is 16.9.